The van der Waals surface area contributed by atoms with Gasteiger partial charge in [0.15, 0.2) is 5.82 Å². The van der Waals surface area contributed by atoms with Gasteiger partial charge < -0.3 is 10.2 Å². The summed E-state index contributed by atoms with van der Waals surface area (Å²) in [7, 11) is 0. The number of halogens is 4. The van der Waals surface area contributed by atoms with Gasteiger partial charge in [0.2, 0.25) is 5.82 Å². The van der Waals surface area contributed by atoms with Gasteiger partial charge in [0, 0.05) is 31.4 Å². The summed E-state index contributed by atoms with van der Waals surface area (Å²) >= 11 is 3.49. The zero-order chi connectivity index (χ0) is 29.3. The summed E-state index contributed by atoms with van der Waals surface area (Å²) in [6.45, 7) is 2.59. The third kappa shape index (κ3) is 9.14. The van der Waals surface area contributed by atoms with Crippen molar-refractivity contribution in [2.75, 3.05) is 18.1 Å². The molecule has 1 saturated heterocycles. The third-order valence-corrected chi connectivity index (χ3v) is 7.20. The Hall–Kier alpha value is -3.28. The number of carboxylic acid groups (broad SMARTS) is 1. The molecule has 4 rings (SSSR count). The zero-order valence-corrected chi connectivity index (χ0v) is 23.2. The Bertz CT molecular complexity index is 1190. The molecule has 1 aromatic carbocycles. The molecule has 0 unspecified atom stereocenters. The maximum absolute atomic E-state index is 13.2. The fourth-order valence-corrected chi connectivity index (χ4v) is 4.89. The first-order chi connectivity index (χ1) is 19.0. The highest BCUT2D eigenvalue weighted by atomic mass is 79.9. The van der Waals surface area contributed by atoms with Gasteiger partial charge in [-0.25, -0.2) is 9.78 Å². The molecule has 1 aromatic heterocycles. The molecule has 40 heavy (non-hydrogen) atoms. The van der Waals surface area contributed by atoms with E-state index in [-0.39, 0.29) is 23.9 Å². The summed E-state index contributed by atoms with van der Waals surface area (Å²) in [5, 5.41) is 27.9. The molecule has 2 fully saturated rings. The van der Waals surface area contributed by atoms with Gasteiger partial charge in [-0.3, -0.25) is 20.1 Å². The van der Waals surface area contributed by atoms with Crippen molar-refractivity contribution in [3.8, 4) is 6.07 Å². The summed E-state index contributed by atoms with van der Waals surface area (Å²) in [5.41, 5.74) is 4.76. The van der Waals surface area contributed by atoms with Crippen LogP contribution in [0, 0.1) is 11.3 Å². The number of alkyl halides is 3. The first-order valence-electron chi connectivity index (χ1n) is 12.8. The molecule has 2 heterocycles. The van der Waals surface area contributed by atoms with E-state index < -0.39 is 12.1 Å². The largest absolute Gasteiger partial charge is 0.490 e. The fraction of sp³-hybridized carbons (Fsp3) is 0.500. The normalized spacial score (nSPS) is 16.8. The van der Waals surface area contributed by atoms with Crippen LogP contribution in [0.1, 0.15) is 66.7 Å². The van der Waals surface area contributed by atoms with Crippen LogP contribution in [0.25, 0.3) is 0 Å². The quantitative estimate of drug-likeness (QED) is 0.402. The smallest absolute Gasteiger partial charge is 0.475 e. The van der Waals surface area contributed by atoms with E-state index in [9.17, 15) is 28.3 Å². The highest BCUT2D eigenvalue weighted by molar-refractivity contribution is 9.10. The molecule has 14 heteroatoms. The average Bonchev–Trinajstić information content (AvgIpc) is 2.94. The van der Waals surface area contributed by atoms with Gasteiger partial charge >= 0.3 is 12.1 Å². The number of aliphatic hydroxyl groups is 1. The minimum atomic E-state index is -5.08. The summed E-state index contributed by atoms with van der Waals surface area (Å²) in [6, 6.07) is 9.75. The Morgan fingerprint density at radius 2 is 1.73 bits per heavy atom. The van der Waals surface area contributed by atoms with E-state index in [0.717, 1.165) is 63.7 Å². The van der Waals surface area contributed by atoms with Crippen molar-refractivity contribution in [1.29, 1.82) is 5.26 Å². The Morgan fingerprint density at radius 1 is 1.12 bits per heavy atom. The number of hydrogen-bond donors (Lipinski definition) is 3. The number of benzene rings is 1. The molecule has 1 amide bonds. The highest BCUT2D eigenvalue weighted by Crippen LogP contribution is 2.29. The number of aliphatic carboxylic acids is 1. The second-order valence-corrected chi connectivity index (χ2v) is 10.4. The fourth-order valence-electron chi connectivity index (χ4n) is 4.51. The van der Waals surface area contributed by atoms with Crippen LogP contribution < -0.4 is 10.4 Å². The molecule has 2 aliphatic rings. The van der Waals surface area contributed by atoms with Crippen LogP contribution >= 0.6 is 15.9 Å². The van der Waals surface area contributed by atoms with Crippen LogP contribution in [-0.4, -0.2) is 68.4 Å². The number of amides is 1. The first-order valence-corrected chi connectivity index (χ1v) is 13.6. The number of carbonyl (C=O) groups excluding carboxylic acids is 1. The van der Waals surface area contributed by atoms with E-state index in [1.165, 1.54) is 6.42 Å². The standard InChI is InChI=1S/C24H29BrN6O2.C2HF3O2/c25-21-15-27-22(14-26)28-23(21)31(19-4-2-1-3-5-19)29-24(33)18-8-6-17(7-9-18)16-30-12-10-20(32)11-13-30;3-2(4,5)1(6)7/h6-9,15,19-20,32H,1-5,10-13,16H2,(H,29,33);(H,6,7). The van der Waals surface area contributed by atoms with Crippen LogP contribution in [0.15, 0.2) is 34.9 Å². The highest BCUT2D eigenvalue weighted by Gasteiger charge is 2.38. The maximum Gasteiger partial charge on any atom is 0.490 e. The summed E-state index contributed by atoms with van der Waals surface area (Å²) in [4.78, 5) is 32.8. The number of aromatic nitrogens is 2. The number of carboxylic acids is 1. The second-order valence-electron chi connectivity index (χ2n) is 9.59. The number of hydrazine groups is 1. The van der Waals surface area contributed by atoms with Gasteiger partial charge in [0.05, 0.1) is 16.6 Å². The third-order valence-electron chi connectivity index (χ3n) is 6.64. The van der Waals surface area contributed by atoms with Crippen molar-refractivity contribution in [2.24, 2.45) is 0 Å². The second kappa shape index (κ2) is 14.4. The molecule has 2 aromatic rings. The summed E-state index contributed by atoms with van der Waals surface area (Å²) in [6.07, 6.45) is 3.16. The first kappa shape index (κ1) is 31.3. The van der Waals surface area contributed by atoms with Crippen molar-refractivity contribution in [3.05, 3.63) is 51.9 Å². The lowest BCUT2D eigenvalue weighted by atomic mass is 9.95. The molecule has 1 saturated carbocycles. The number of nitrogens with one attached hydrogen (secondary N) is 1. The monoisotopic (exact) mass is 626 g/mol. The van der Waals surface area contributed by atoms with Crippen molar-refractivity contribution in [3.63, 3.8) is 0 Å². The molecule has 0 radical (unpaired) electrons. The van der Waals surface area contributed by atoms with Crippen molar-refractivity contribution >= 4 is 33.6 Å². The number of carbonyl (C=O) groups is 2. The predicted molar refractivity (Wildman–Crippen MR) is 142 cm³/mol. The van der Waals surface area contributed by atoms with Gasteiger partial charge in [0.1, 0.15) is 6.07 Å². The zero-order valence-electron chi connectivity index (χ0n) is 21.6. The summed E-state index contributed by atoms with van der Waals surface area (Å²) in [5.74, 6) is -2.40. The van der Waals surface area contributed by atoms with Crippen molar-refractivity contribution < 1.29 is 33.0 Å². The average molecular weight is 627 g/mol. The van der Waals surface area contributed by atoms with Crippen LogP contribution in [0.5, 0.6) is 0 Å². The number of likely N-dealkylation sites (tertiary alicyclic amines) is 1. The number of hydrogen-bond acceptors (Lipinski definition) is 8. The number of piperidine rings is 1. The Kier molecular flexibility index (Phi) is 11.2. The Labute approximate surface area is 237 Å². The van der Waals surface area contributed by atoms with Crippen LogP contribution in [0.4, 0.5) is 19.0 Å². The molecule has 3 N–H and O–H groups in total. The van der Waals surface area contributed by atoms with Gasteiger partial charge in [-0.05, 0) is 59.3 Å². The van der Waals surface area contributed by atoms with Gasteiger partial charge in [-0.1, -0.05) is 31.4 Å². The van der Waals surface area contributed by atoms with E-state index >= 15 is 0 Å². The van der Waals surface area contributed by atoms with Gasteiger partial charge in [-0.15, -0.1) is 0 Å². The minimum absolute atomic E-state index is 0.0674. The SMILES string of the molecule is N#Cc1ncc(Br)c(N(NC(=O)c2ccc(CN3CCC(O)CC3)cc2)C2CCCCC2)n1.O=C(O)C(F)(F)F. The molecule has 0 atom stereocenters. The van der Waals surface area contributed by atoms with E-state index in [1.807, 2.05) is 30.3 Å². The molecule has 0 spiro atoms. The van der Waals surface area contributed by atoms with E-state index in [0.29, 0.717) is 15.9 Å². The van der Waals surface area contributed by atoms with Crippen LogP contribution in [0.3, 0.4) is 0 Å². The molecular formula is C26H30BrF3N6O4. The molecule has 1 aliphatic carbocycles. The predicted octanol–water partition coefficient (Wildman–Crippen LogP) is 4.18. The Balaban J connectivity index is 0.000000559. The van der Waals surface area contributed by atoms with Gasteiger partial charge in [0.25, 0.3) is 5.91 Å². The molecule has 0 bridgehead atoms. The van der Waals surface area contributed by atoms with Crippen LogP contribution in [0.2, 0.25) is 0 Å². The lowest BCUT2D eigenvalue weighted by Crippen LogP contribution is -2.50. The molecular weight excluding hydrogens is 597 g/mol. The van der Waals surface area contributed by atoms with E-state index in [4.69, 9.17) is 9.90 Å². The van der Waals surface area contributed by atoms with Crippen molar-refractivity contribution in [1.82, 2.24) is 20.3 Å². The topological polar surface area (TPSA) is 143 Å². The lowest BCUT2D eigenvalue weighted by molar-refractivity contribution is -0.192. The van der Waals surface area contributed by atoms with Gasteiger partial charge in [-0.2, -0.15) is 23.4 Å². The number of nitrogens with zero attached hydrogens (tertiary/aromatic N) is 5. The number of aliphatic hydroxyl groups excluding tert-OH is 1. The van der Waals surface area contributed by atoms with Crippen LogP contribution in [-0.2, 0) is 11.3 Å². The molecule has 10 nitrogen and oxygen atoms in total. The molecule has 216 valence electrons. The lowest BCUT2D eigenvalue weighted by Gasteiger charge is -2.35. The summed E-state index contributed by atoms with van der Waals surface area (Å²) < 4.78 is 32.4. The number of rotatable bonds is 6. The molecule has 1 aliphatic heterocycles. The number of nitriles is 1. The maximum atomic E-state index is 13.2. The van der Waals surface area contributed by atoms with Crippen molar-refractivity contribution in [2.45, 2.75) is 69.8 Å². The van der Waals surface area contributed by atoms with E-state index in [1.54, 1.807) is 11.2 Å². The van der Waals surface area contributed by atoms with E-state index in [2.05, 4.69) is 36.2 Å². The number of anilines is 1. The Morgan fingerprint density at radius 3 is 2.27 bits per heavy atom. The minimum Gasteiger partial charge on any atom is -0.475 e.